The van der Waals surface area contributed by atoms with Gasteiger partial charge in [0.1, 0.15) is 11.8 Å². The topological polar surface area (TPSA) is 208 Å². The third kappa shape index (κ3) is 15.7. The number of carbonyl (C=O) groups excluding carboxylic acids is 5. The van der Waals surface area contributed by atoms with Gasteiger partial charge in [0.2, 0.25) is 18.2 Å². The highest BCUT2D eigenvalue weighted by molar-refractivity contribution is 7.98. The second-order valence-electron chi connectivity index (χ2n) is 16.8. The Labute approximate surface area is 384 Å². The minimum absolute atomic E-state index is 0.0101. The van der Waals surface area contributed by atoms with Crippen molar-refractivity contribution in [2.24, 2.45) is 17.8 Å². The van der Waals surface area contributed by atoms with Gasteiger partial charge >= 0.3 is 5.97 Å². The summed E-state index contributed by atoms with van der Waals surface area (Å²) in [7, 11) is -3.83. The Kier molecular flexibility index (Phi) is 18.5. The van der Waals surface area contributed by atoms with E-state index in [0.29, 0.717) is 30.6 Å². The molecule has 0 aliphatic carbocycles. The monoisotopic (exact) mass is 923 g/mol. The van der Waals surface area contributed by atoms with Crippen molar-refractivity contribution in [1.82, 2.24) is 16.0 Å². The summed E-state index contributed by atoms with van der Waals surface area (Å²) in [6.45, 7) is 3.87. The largest absolute Gasteiger partial charge is 0.480 e. The van der Waals surface area contributed by atoms with Crippen molar-refractivity contribution in [2.75, 3.05) is 12.0 Å². The smallest absolute Gasteiger partial charge is 0.326 e. The van der Waals surface area contributed by atoms with E-state index in [1.807, 2.05) is 105 Å². The first-order valence-electron chi connectivity index (χ1n) is 21.5. The van der Waals surface area contributed by atoms with Gasteiger partial charge in [-0.15, -0.1) is 0 Å². The summed E-state index contributed by atoms with van der Waals surface area (Å²) < 4.78 is 5.04. The average molecular weight is 924 g/mol. The zero-order chi connectivity index (χ0) is 47.1. The number of hydrogen-bond donors (Lipinski definition) is 6. The number of Topliss-reactive ketones (excluding diaryl/α,β-unsaturated/α-hetero) is 2. The highest BCUT2D eigenvalue weighted by Gasteiger charge is 2.34. The van der Waals surface area contributed by atoms with Crippen LogP contribution in [0.15, 0.2) is 109 Å². The lowest BCUT2D eigenvalue weighted by Gasteiger charge is -2.26. The van der Waals surface area contributed by atoms with E-state index in [0.717, 1.165) is 32.7 Å². The Morgan fingerprint density at radius 1 is 0.677 bits per heavy atom. The molecule has 0 fully saturated rings. The molecule has 0 saturated heterocycles. The van der Waals surface area contributed by atoms with Gasteiger partial charge < -0.3 is 35.4 Å². The van der Waals surface area contributed by atoms with E-state index in [1.54, 1.807) is 0 Å². The van der Waals surface area contributed by atoms with Crippen LogP contribution < -0.4 is 20.5 Å². The molecule has 5 atom stereocenters. The molecule has 0 saturated carbocycles. The molecule has 0 spiro atoms. The van der Waals surface area contributed by atoms with E-state index in [4.69, 9.17) is 4.52 Å². The average Bonchev–Trinajstić information content (AvgIpc) is 3.26. The van der Waals surface area contributed by atoms with Gasteiger partial charge in [0.25, 0.3) is 7.57 Å². The molecular weight excluding hydrogens is 866 g/mol. The lowest BCUT2D eigenvalue weighted by Crippen LogP contribution is -2.49. The number of rotatable bonds is 26. The second kappa shape index (κ2) is 23.9. The van der Waals surface area contributed by atoms with Crippen LogP contribution in [0.3, 0.4) is 0 Å². The van der Waals surface area contributed by atoms with E-state index in [1.165, 1.54) is 36.0 Å². The van der Waals surface area contributed by atoms with Crippen LogP contribution in [0.1, 0.15) is 56.2 Å². The van der Waals surface area contributed by atoms with Gasteiger partial charge in [-0.2, -0.15) is 11.8 Å². The van der Waals surface area contributed by atoms with Gasteiger partial charge in [-0.25, -0.2) is 4.79 Å². The van der Waals surface area contributed by atoms with Crippen LogP contribution >= 0.6 is 19.3 Å². The lowest BCUT2D eigenvalue weighted by molar-refractivity contribution is -0.142. The molecule has 0 heterocycles. The van der Waals surface area contributed by atoms with Gasteiger partial charge in [-0.05, 0) is 100 Å². The fourth-order valence-corrected chi connectivity index (χ4v) is 8.83. The summed E-state index contributed by atoms with van der Waals surface area (Å²) in [4.78, 5) is 100. The van der Waals surface area contributed by atoms with Crippen molar-refractivity contribution in [3.8, 4) is 5.75 Å². The van der Waals surface area contributed by atoms with Crippen molar-refractivity contribution in [1.29, 1.82) is 0 Å². The van der Waals surface area contributed by atoms with E-state index in [9.17, 15) is 43.7 Å². The summed E-state index contributed by atoms with van der Waals surface area (Å²) in [5.41, 5.74) is 1.99. The van der Waals surface area contributed by atoms with Crippen molar-refractivity contribution in [2.45, 2.75) is 76.9 Å². The Morgan fingerprint density at radius 3 is 1.71 bits per heavy atom. The molecule has 13 nitrogen and oxygen atoms in total. The number of aliphatic carboxylic acids is 1. The van der Waals surface area contributed by atoms with Crippen LogP contribution in [-0.4, -0.2) is 87.1 Å². The Morgan fingerprint density at radius 2 is 1.17 bits per heavy atom. The number of benzene rings is 5. The molecule has 5 rings (SSSR count). The van der Waals surface area contributed by atoms with E-state index in [-0.39, 0.29) is 49.6 Å². The molecule has 0 radical (unpaired) electrons. The standard InChI is InChI=1S/C50H58N3O10PS/c1-32(2)23-40(29-46(55)43(51-31-54)21-22-65-4)48(57)52-44(28-35-14-18-37-10-6-8-12-39(37)25-35)47(56)30-41(26-34-13-17-36-9-5-7-11-38(36)24-34)49(58)53-45(50(59)60)27-33-15-19-42(20-16-33)63-64(3,61)62/h5-20,24-25,31-32,40-41,43-45,61-62H,3,21-23,26-30H2,1-2,4H3,(H,51,54)(H,52,57)(H,53,58)(H,59,60)/t40-,41?,43+,44?,45?/m1/s1. The maximum atomic E-state index is 14.8. The molecule has 3 amide bonds. The van der Waals surface area contributed by atoms with Crippen LogP contribution in [0.4, 0.5) is 0 Å². The molecule has 3 unspecified atom stereocenters. The summed E-state index contributed by atoms with van der Waals surface area (Å²) in [6, 6.07) is 29.5. The Bertz CT molecular complexity index is 2510. The van der Waals surface area contributed by atoms with Gasteiger partial charge in [0, 0.05) is 31.1 Å². The lowest BCUT2D eigenvalue weighted by atomic mass is 9.87. The molecule has 65 heavy (non-hydrogen) atoms. The Balaban J connectivity index is 1.46. The quantitative estimate of drug-likeness (QED) is 0.0254. The highest BCUT2D eigenvalue weighted by atomic mass is 32.2. The fourth-order valence-electron chi connectivity index (χ4n) is 7.90. The molecular formula is C50H58N3O10PS. The van der Waals surface area contributed by atoms with Gasteiger partial charge in [-0.3, -0.25) is 24.0 Å². The molecule has 15 heteroatoms. The minimum Gasteiger partial charge on any atom is -0.480 e. The molecule has 0 bridgehead atoms. The van der Waals surface area contributed by atoms with Gasteiger partial charge in [-0.1, -0.05) is 111 Å². The Hall–Kier alpha value is -5.79. The van der Waals surface area contributed by atoms with Crippen LogP contribution in [-0.2, 0) is 48.0 Å². The van der Waals surface area contributed by atoms with Gasteiger partial charge in [0.05, 0.1) is 12.1 Å². The number of amides is 3. The van der Waals surface area contributed by atoms with E-state index < -0.39 is 61.1 Å². The summed E-state index contributed by atoms with van der Waals surface area (Å²) >= 11 is 1.53. The molecule has 0 aromatic heterocycles. The van der Waals surface area contributed by atoms with Crippen molar-refractivity contribution >= 4 is 82.9 Å². The maximum Gasteiger partial charge on any atom is 0.326 e. The summed E-state index contributed by atoms with van der Waals surface area (Å²) in [5, 5.41) is 22.3. The molecule has 0 aliphatic heterocycles. The molecule has 6 N–H and O–H groups in total. The number of carboxylic acid groups (broad SMARTS) is 1. The zero-order valence-corrected chi connectivity index (χ0v) is 38.6. The number of ketones is 2. The number of carboxylic acids is 1. The van der Waals surface area contributed by atoms with Crippen LogP contribution in [0.5, 0.6) is 5.75 Å². The number of thioether (sulfide) groups is 1. The molecule has 0 aliphatic rings. The van der Waals surface area contributed by atoms with E-state index in [2.05, 4.69) is 22.2 Å². The first-order valence-corrected chi connectivity index (χ1v) is 24.7. The normalized spacial score (nSPS) is 13.9. The van der Waals surface area contributed by atoms with Crippen molar-refractivity contribution in [3.05, 3.63) is 126 Å². The number of fused-ring (bicyclic) bond motifs is 2. The predicted molar refractivity (Wildman–Crippen MR) is 258 cm³/mol. The highest BCUT2D eigenvalue weighted by Crippen LogP contribution is 2.37. The minimum atomic E-state index is -3.83. The predicted octanol–water partition coefficient (Wildman–Crippen LogP) is 6.70. The first kappa shape index (κ1) is 50.2. The van der Waals surface area contributed by atoms with E-state index >= 15 is 0 Å². The SMILES string of the molecule is C=P(O)(O)Oc1ccc(CC(NC(=O)C(CC(=O)C(Cc2ccc3ccccc3c2)NC(=O)[C@@H](CC(=O)[C@H](CCSC)NC=O)CC(C)C)Cc2ccc3ccccc3c2)C(=O)O)cc1. The van der Waals surface area contributed by atoms with Gasteiger partial charge in [0.15, 0.2) is 11.6 Å². The molecule has 5 aromatic rings. The summed E-state index contributed by atoms with van der Waals surface area (Å²) in [6.07, 6.45) is 5.80. The molecule has 344 valence electrons. The second-order valence-corrected chi connectivity index (χ2v) is 19.3. The van der Waals surface area contributed by atoms with Crippen LogP contribution in [0, 0.1) is 17.8 Å². The fraction of sp³-hybridized carbons (Fsp3) is 0.340. The first-order chi connectivity index (χ1) is 31.0. The van der Waals surface area contributed by atoms with Crippen LogP contribution in [0.25, 0.3) is 21.5 Å². The summed E-state index contributed by atoms with van der Waals surface area (Å²) in [5.74, 6) is -4.37. The van der Waals surface area contributed by atoms with Crippen molar-refractivity contribution in [3.63, 3.8) is 0 Å². The maximum absolute atomic E-state index is 14.8. The number of carbonyl (C=O) groups is 6. The van der Waals surface area contributed by atoms with Crippen LogP contribution in [0.2, 0.25) is 0 Å². The number of nitrogens with one attached hydrogen (secondary N) is 3. The van der Waals surface area contributed by atoms with Crippen molar-refractivity contribution < 1.29 is 48.2 Å². The molecule has 5 aromatic carbocycles. The number of hydrogen-bond acceptors (Lipinski definition) is 10. The third-order valence-electron chi connectivity index (χ3n) is 11.1. The third-order valence-corrected chi connectivity index (χ3v) is 12.3. The zero-order valence-electron chi connectivity index (χ0n) is 36.9.